The molecule has 0 fully saturated rings. The monoisotopic (exact) mass is 419 g/mol. The smallest absolute Gasteiger partial charge is 0.355 e. The van der Waals surface area contributed by atoms with Gasteiger partial charge >= 0.3 is 5.69 Å². The molecule has 2 heterocycles. The van der Waals surface area contributed by atoms with E-state index in [0.717, 1.165) is 13.6 Å². The molecule has 0 radical (unpaired) electrons. The molecule has 134 valence electrons. The molecule has 0 spiro atoms. The van der Waals surface area contributed by atoms with E-state index in [1.807, 2.05) is 0 Å². The summed E-state index contributed by atoms with van der Waals surface area (Å²) < 4.78 is 7.83. The number of benzene rings is 1. The molecule has 0 aliphatic carbocycles. The Bertz CT molecular complexity index is 1030. The number of ether oxygens (including phenoxy) is 1. The van der Waals surface area contributed by atoms with Gasteiger partial charge in [0.25, 0.3) is 0 Å². The minimum atomic E-state index is -0.519. The average molecular weight is 420 g/mol. The van der Waals surface area contributed by atoms with Crippen molar-refractivity contribution in [1.29, 1.82) is 0 Å². The van der Waals surface area contributed by atoms with Gasteiger partial charge < -0.3 is 4.74 Å². The summed E-state index contributed by atoms with van der Waals surface area (Å²) in [6.45, 7) is -0.0646. The van der Waals surface area contributed by atoms with E-state index in [9.17, 15) is 14.4 Å². The molecule has 0 unspecified atom stereocenters. The number of carbonyl (C=O) groups excluding carboxylic acids is 2. The van der Waals surface area contributed by atoms with Gasteiger partial charge in [-0.1, -0.05) is 33.3 Å². The number of hydrogen-bond acceptors (Lipinski definition) is 7. The molecule has 0 bridgehead atoms. The lowest BCUT2D eigenvalue weighted by molar-refractivity contribution is 0.0915. The van der Waals surface area contributed by atoms with Crippen molar-refractivity contribution < 1.29 is 14.3 Å². The standard InChI is InChI=1S/C16H14BrN5O4/c1-26-9-22-16(25)21-8-18-14(15(21)19-20-22)13(24)7-6-12(23)10-2-4-11(17)5-3-10/h2-5,8H,6-7,9H2,1H3. The predicted octanol–water partition coefficient (Wildman–Crippen LogP) is 1.50. The maximum absolute atomic E-state index is 12.4. The van der Waals surface area contributed by atoms with Crippen LogP contribution in [0.5, 0.6) is 0 Å². The van der Waals surface area contributed by atoms with Gasteiger partial charge in [0.2, 0.25) is 0 Å². The van der Waals surface area contributed by atoms with Gasteiger partial charge in [-0.25, -0.2) is 14.2 Å². The number of rotatable bonds is 7. The van der Waals surface area contributed by atoms with Crippen LogP contribution in [-0.2, 0) is 11.5 Å². The van der Waals surface area contributed by atoms with E-state index in [4.69, 9.17) is 4.74 Å². The van der Waals surface area contributed by atoms with Crippen molar-refractivity contribution >= 4 is 33.1 Å². The van der Waals surface area contributed by atoms with Gasteiger partial charge in [-0.05, 0) is 12.1 Å². The lowest BCUT2D eigenvalue weighted by Crippen LogP contribution is -2.30. The number of ketones is 2. The van der Waals surface area contributed by atoms with Crippen molar-refractivity contribution in [2.75, 3.05) is 7.11 Å². The SMILES string of the molecule is COCn1nnc2c(C(=O)CCC(=O)c3ccc(Br)cc3)ncn2c1=O. The molecule has 0 aliphatic rings. The van der Waals surface area contributed by atoms with Crippen LogP contribution in [0.15, 0.2) is 39.9 Å². The third kappa shape index (κ3) is 3.60. The largest absolute Gasteiger partial charge is 0.362 e. The molecule has 3 aromatic rings. The highest BCUT2D eigenvalue weighted by Gasteiger charge is 2.19. The molecule has 3 rings (SSSR count). The predicted molar refractivity (Wildman–Crippen MR) is 94.1 cm³/mol. The molecule has 0 amide bonds. The zero-order chi connectivity index (χ0) is 18.7. The summed E-state index contributed by atoms with van der Waals surface area (Å²) in [6.07, 6.45) is 1.21. The molecule has 0 atom stereocenters. The highest BCUT2D eigenvalue weighted by atomic mass is 79.9. The van der Waals surface area contributed by atoms with E-state index in [-0.39, 0.29) is 42.5 Å². The summed E-state index contributed by atoms with van der Waals surface area (Å²) in [6, 6.07) is 6.90. The summed E-state index contributed by atoms with van der Waals surface area (Å²) in [5.74, 6) is -0.529. The Balaban J connectivity index is 1.76. The van der Waals surface area contributed by atoms with Crippen LogP contribution < -0.4 is 5.69 Å². The number of fused-ring (bicyclic) bond motifs is 1. The minimum Gasteiger partial charge on any atom is -0.362 e. The maximum atomic E-state index is 12.4. The van der Waals surface area contributed by atoms with Gasteiger partial charge in [0.05, 0.1) is 0 Å². The summed E-state index contributed by atoms with van der Waals surface area (Å²) in [7, 11) is 1.42. The Morgan fingerprint density at radius 2 is 1.85 bits per heavy atom. The van der Waals surface area contributed by atoms with Gasteiger partial charge in [0, 0.05) is 30.0 Å². The molecule has 0 saturated heterocycles. The van der Waals surface area contributed by atoms with E-state index in [2.05, 4.69) is 31.2 Å². The maximum Gasteiger partial charge on any atom is 0.355 e. The first-order valence-corrected chi connectivity index (χ1v) is 8.42. The molecule has 10 heteroatoms. The van der Waals surface area contributed by atoms with Gasteiger partial charge in [-0.3, -0.25) is 9.59 Å². The van der Waals surface area contributed by atoms with Crippen molar-refractivity contribution in [3.63, 3.8) is 0 Å². The number of nitrogens with zero attached hydrogens (tertiary/aromatic N) is 5. The Hall–Kier alpha value is -2.72. The van der Waals surface area contributed by atoms with Gasteiger partial charge in [0.15, 0.2) is 22.9 Å². The first kappa shape index (κ1) is 18.1. The number of Topliss-reactive ketones (excluding diaryl/α,β-unsaturated/α-hetero) is 2. The number of imidazole rings is 1. The molecular weight excluding hydrogens is 406 g/mol. The van der Waals surface area contributed by atoms with Gasteiger partial charge in [-0.2, -0.15) is 4.68 Å². The fourth-order valence-corrected chi connectivity index (χ4v) is 2.63. The Morgan fingerprint density at radius 1 is 1.15 bits per heavy atom. The van der Waals surface area contributed by atoms with Crippen LogP contribution in [0, 0.1) is 0 Å². The van der Waals surface area contributed by atoms with Crippen molar-refractivity contribution in [2.24, 2.45) is 0 Å². The number of aromatic nitrogens is 5. The molecule has 0 aliphatic heterocycles. The Labute approximate surface area is 155 Å². The van der Waals surface area contributed by atoms with E-state index in [1.54, 1.807) is 24.3 Å². The zero-order valence-corrected chi connectivity index (χ0v) is 15.3. The van der Waals surface area contributed by atoms with E-state index < -0.39 is 5.69 Å². The van der Waals surface area contributed by atoms with Crippen LogP contribution in [0.25, 0.3) is 5.65 Å². The zero-order valence-electron chi connectivity index (χ0n) is 13.8. The van der Waals surface area contributed by atoms with Crippen LogP contribution in [0.3, 0.4) is 0 Å². The lowest BCUT2D eigenvalue weighted by Gasteiger charge is -2.02. The number of hydrogen-bond donors (Lipinski definition) is 0. The minimum absolute atomic E-state index is 0.0165. The van der Waals surface area contributed by atoms with Crippen LogP contribution in [0.2, 0.25) is 0 Å². The van der Waals surface area contributed by atoms with Crippen molar-refractivity contribution in [3.8, 4) is 0 Å². The van der Waals surface area contributed by atoms with Crippen molar-refractivity contribution in [1.82, 2.24) is 24.4 Å². The first-order valence-electron chi connectivity index (χ1n) is 7.63. The molecule has 2 aromatic heterocycles. The van der Waals surface area contributed by atoms with E-state index in [0.29, 0.717) is 5.56 Å². The Kier molecular flexibility index (Phi) is 5.33. The number of carbonyl (C=O) groups is 2. The molecule has 0 saturated carbocycles. The molecule has 1 aromatic carbocycles. The van der Waals surface area contributed by atoms with Crippen molar-refractivity contribution in [2.45, 2.75) is 19.6 Å². The topological polar surface area (TPSA) is 108 Å². The summed E-state index contributed by atoms with van der Waals surface area (Å²) in [5, 5.41) is 7.57. The summed E-state index contributed by atoms with van der Waals surface area (Å²) in [5.41, 5.74) is 0.0819. The molecule has 9 nitrogen and oxygen atoms in total. The molecule has 0 N–H and O–H groups in total. The summed E-state index contributed by atoms with van der Waals surface area (Å²) >= 11 is 3.30. The summed E-state index contributed by atoms with van der Waals surface area (Å²) in [4.78, 5) is 40.7. The van der Waals surface area contributed by atoms with Crippen LogP contribution in [0.1, 0.15) is 33.7 Å². The average Bonchev–Trinajstić information content (AvgIpc) is 3.07. The molecule has 26 heavy (non-hydrogen) atoms. The van der Waals surface area contributed by atoms with Crippen molar-refractivity contribution in [3.05, 3.63) is 56.8 Å². The van der Waals surface area contributed by atoms with Crippen LogP contribution in [0.4, 0.5) is 0 Å². The van der Waals surface area contributed by atoms with Crippen LogP contribution in [-0.4, -0.2) is 43.1 Å². The van der Waals surface area contributed by atoms with E-state index >= 15 is 0 Å². The van der Waals surface area contributed by atoms with Gasteiger partial charge in [0.1, 0.15) is 13.1 Å². The highest BCUT2D eigenvalue weighted by Crippen LogP contribution is 2.14. The van der Waals surface area contributed by atoms with E-state index in [1.165, 1.54) is 13.4 Å². The number of methoxy groups -OCH3 is 1. The van der Waals surface area contributed by atoms with Crippen LogP contribution >= 0.6 is 15.9 Å². The second kappa shape index (κ2) is 7.67. The quantitative estimate of drug-likeness (QED) is 0.533. The normalized spacial score (nSPS) is 11.0. The third-order valence-electron chi connectivity index (χ3n) is 3.68. The van der Waals surface area contributed by atoms with Gasteiger partial charge in [-0.15, -0.1) is 5.10 Å². The second-order valence-electron chi connectivity index (χ2n) is 5.43. The fourth-order valence-electron chi connectivity index (χ4n) is 2.36. The Morgan fingerprint density at radius 3 is 2.54 bits per heavy atom. The fraction of sp³-hybridized carbons (Fsp3) is 0.250. The lowest BCUT2D eigenvalue weighted by atomic mass is 10.0. The second-order valence-corrected chi connectivity index (χ2v) is 6.35. The first-order chi connectivity index (χ1) is 12.5. The third-order valence-corrected chi connectivity index (χ3v) is 4.21. The number of halogens is 1. The highest BCUT2D eigenvalue weighted by molar-refractivity contribution is 9.10. The molecular formula is C16H14BrN5O4.